The molecular formula is C6H13P. The van der Waals surface area contributed by atoms with E-state index in [0.717, 1.165) is 0 Å². The molecule has 0 radical (unpaired) electrons. The topological polar surface area (TPSA) is 0 Å². The highest BCUT2D eigenvalue weighted by Gasteiger charge is 1.73. The summed E-state index contributed by atoms with van der Waals surface area (Å²) in [7, 11) is 2.72. The Kier molecular flexibility index (Phi) is 6.32. The summed E-state index contributed by atoms with van der Waals surface area (Å²) in [5, 5.41) is 0. The lowest BCUT2D eigenvalue weighted by molar-refractivity contribution is 0.971. The van der Waals surface area contributed by atoms with Gasteiger partial charge >= 0.3 is 0 Å². The summed E-state index contributed by atoms with van der Waals surface area (Å²) >= 11 is 0. The summed E-state index contributed by atoms with van der Waals surface area (Å²) in [5.74, 6) is 0. The van der Waals surface area contributed by atoms with Crippen LogP contribution >= 0.6 is 9.24 Å². The van der Waals surface area contributed by atoms with Gasteiger partial charge in [-0.05, 0) is 25.9 Å². The predicted molar refractivity (Wildman–Crippen MR) is 38.6 cm³/mol. The fourth-order valence-corrected chi connectivity index (χ4v) is 0.638. The van der Waals surface area contributed by atoms with Gasteiger partial charge in [-0.25, -0.2) is 0 Å². The molecule has 0 aromatic heterocycles. The smallest absolute Gasteiger partial charge is 0.0348 e. The molecule has 0 N–H and O–H groups in total. The van der Waals surface area contributed by atoms with Crippen LogP contribution in [0, 0.1) is 0 Å². The third-order valence-electron chi connectivity index (χ3n) is 0.811. The van der Waals surface area contributed by atoms with Crippen LogP contribution in [0.1, 0.15) is 19.8 Å². The van der Waals surface area contributed by atoms with Gasteiger partial charge in [0.2, 0.25) is 0 Å². The fourth-order valence-electron chi connectivity index (χ4n) is 0.402. The maximum absolute atomic E-state index is 2.72. The molecule has 1 atom stereocenters. The second-order valence-corrected chi connectivity index (χ2v) is 2.08. The van der Waals surface area contributed by atoms with Crippen LogP contribution in [0.2, 0.25) is 0 Å². The molecule has 0 aliphatic carbocycles. The maximum atomic E-state index is 2.72. The minimum absolute atomic E-state index is 1.23. The molecule has 0 aliphatic rings. The summed E-state index contributed by atoms with van der Waals surface area (Å²) in [5.41, 5.74) is 0. The summed E-state index contributed by atoms with van der Waals surface area (Å²) < 4.78 is 0. The van der Waals surface area contributed by atoms with Crippen LogP contribution in [0.4, 0.5) is 0 Å². The number of unbranched alkanes of at least 4 members (excludes halogenated alkanes) is 1. The minimum Gasteiger partial charge on any atom is -0.138 e. The number of rotatable bonds is 3. The van der Waals surface area contributed by atoms with Gasteiger partial charge in [-0.3, -0.25) is 0 Å². The van der Waals surface area contributed by atoms with Gasteiger partial charge in [-0.1, -0.05) is 12.2 Å². The number of hydrogen-bond donors (Lipinski definition) is 0. The molecule has 0 aromatic rings. The quantitative estimate of drug-likeness (QED) is 0.301. The number of hydrogen-bond acceptors (Lipinski definition) is 0. The van der Waals surface area contributed by atoms with Crippen LogP contribution in [0.3, 0.4) is 0 Å². The lowest BCUT2D eigenvalue weighted by Gasteiger charge is -1.83. The second kappa shape index (κ2) is 6.17. The molecule has 0 nitrogen and oxygen atoms in total. The third kappa shape index (κ3) is 6.17. The first-order chi connectivity index (χ1) is 3.41. The van der Waals surface area contributed by atoms with Crippen molar-refractivity contribution < 1.29 is 0 Å². The largest absolute Gasteiger partial charge is 0.138 e. The Morgan fingerprint density at radius 2 is 2.29 bits per heavy atom. The van der Waals surface area contributed by atoms with Crippen LogP contribution < -0.4 is 0 Å². The third-order valence-corrected chi connectivity index (χ3v) is 1.22. The Bertz CT molecular complexity index is 48.1. The van der Waals surface area contributed by atoms with Gasteiger partial charge in [-0.2, -0.15) is 0 Å². The summed E-state index contributed by atoms with van der Waals surface area (Å²) in [6.07, 6.45) is 8.06. The Hall–Kier alpha value is 0.170. The average molecular weight is 116 g/mol. The van der Waals surface area contributed by atoms with Crippen LogP contribution in [-0.2, 0) is 0 Å². The maximum Gasteiger partial charge on any atom is -0.0348 e. The molecule has 0 aliphatic heterocycles. The molecule has 0 rings (SSSR count). The molecule has 0 saturated heterocycles. The van der Waals surface area contributed by atoms with E-state index in [0.29, 0.717) is 0 Å². The van der Waals surface area contributed by atoms with E-state index < -0.39 is 0 Å². The molecule has 0 heterocycles. The van der Waals surface area contributed by atoms with Crippen molar-refractivity contribution in [2.75, 3.05) is 6.16 Å². The lowest BCUT2D eigenvalue weighted by atomic mass is 10.3. The lowest BCUT2D eigenvalue weighted by Crippen LogP contribution is -1.67. The SMILES string of the molecule is C/C=C/CCCP. The van der Waals surface area contributed by atoms with Crippen molar-refractivity contribution in [2.24, 2.45) is 0 Å². The zero-order valence-electron chi connectivity index (χ0n) is 4.85. The van der Waals surface area contributed by atoms with E-state index in [1.54, 1.807) is 0 Å². The van der Waals surface area contributed by atoms with Crippen molar-refractivity contribution in [1.82, 2.24) is 0 Å². The van der Waals surface area contributed by atoms with E-state index in [-0.39, 0.29) is 0 Å². The zero-order valence-corrected chi connectivity index (χ0v) is 6.01. The van der Waals surface area contributed by atoms with Gasteiger partial charge < -0.3 is 0 Å². The molecule has 7 heavy (non-hydrogen) atoms. The highest BCUT2D eigenvalue weighted by Crippen LogP contribution is 1.93. The Labute approximate surface area is 48.2 Å². The molecule has 0 aromatic carbocycles. The Morgan fingerprint density at radius 1 is 1.57 bits per heavy atom. The summed E-state index contributed by atoms with van der Waals surface area (Å²) in [6.45, 7) is 2.06. The molecule has 0 spiro atoms. The molecular weight excluding hydrogens is 103 g/mol. The van der Waals surface area contributed by atoms with Crippen LogP contribution in [0.5, 0.6) is 0 Å². The molecule has 42 valence electrons. The van der Waals surface area contributed by atoms with Crippen molar-refractivity contribution in [2.45, 2.75) is 19.8 Å². The van der Waals surface area contributed by atoms with Gasteiger partial charge in [-0.15, -0.1) is 9.24 Å². The van der Waals surface area contributed by atoms with Gasteiger partial charge in [0.05, 0.1) is 0 Å². The summed E-state index contributed by atoms with van der Waals surface area (Å²) in [6, 6.07) is 0. The first-order valence-electron chi connectivity index (χ1n) is 2.73. The van der Waals surface area contributed by atoms with E-state index in [9.17, 15) is 0 Å². The van der Waals surface area contributed by atoms with Gasteiger partial charge in [0.25, 0.3) is 0 Å². The first kappa shape index (κ1) is 7.17. The standard InChI is InChI=1S/C6H13P/c1-2-3-4-5-6-7/h2-3H,4-7H2,1H3/b3-2+. The van der Waals surface area contributed by atoms with E-state index in [4.69, 9.17) is 0 Å². The fraction of sp³-hybridized carbons (Fsp3) is 0.667. The van der Waals surface area contributed by atoms with Crippen molar-refractivity contribution in [3.05, 3.63) is 12.2 Å². The monoisotopic (exact) mass is 116 g/mol. The second-order valence-electron chi connectivity index (χ2n) is 1.50. The Balaban J connectivity index is 2.69. The zero-order chi connectivity index (χ0) is 5.54. The van der Waals surface area contributed by atoms with E-state index in [1.807, 2.05) is 0 Å². The molecule has 1 unspecified atom stereocenters. The minimum atomic E-state index is 1.23. The van der Waals surface area contributed by atoms with E-state index >= 15 is 0 Å². The van der Waals surface area contributed by atoms with E-state index in [2.05, 4.69) is 28.3 Å². The predicted octanol–water partition coefficient (Wildman–Crippen LogP) is 2.22. The van der Waals surface area contributed by atoms with Crippen molar-refractivity contribution in [3.8, 4) is 0 Å². The van der Waals surface area contributed by atoms with Crippen LogP contribution in [0.25, 0.3) is 0 Å². The first-order valence-corrected chi connectivity index (χ1v) is 3.54. The van der Waals surface area contributed by atoms with E-state index in [1.165, 1.54) is 19.0 Å². The summed E-state index contributed by atoms with van der Waals surface area (Å²) in [4.78, 5) is 0. The molecule has 1 heteroatoms. The molecule has 0 fully saturated rings. The Morgan fingerprint density at radius 3 is 2.71 bits per heavy atom. The van der Waals surface area contributed by atoms with Gasteiger partial charge in [0.1, 0.15) is 0 Å². The molecule has 0 bridgehead atoms. The average Bonchev–Trinajstić information content (AvgIpc) is 1.69. The normalized spacial score (nSPS) is 10.6. The molecule has 0 amide bonds. The highest BCUT2D eigenvalue weighted by molar-refractivity contribution is 7.16. The van der Waals surface area contributed by atoms with Crippen molar-refractivity contribution >= 4 is 9.24 Å². The van der Waals surface area contributed by atoms with Crippen molar-refractivity contribution in [3.63, 3.8) is 0 Å². The van der Waals surface area contributed by atoms with Gasteiger partial charge in [0, 0.05) is 0 Å². The van der Waals surface area contributed by atoms with Gasteiger partial charge in [0.15, 0.2) is 0 Å². The van der Waals surface area contributed by atoms with Crippen molar-refractivity contribution in [1.29, 1.82) is 0 Å². The highest BCUT2D eigenvalue weighted by atomic mass is 31.0. The molecule has 0 saturated carbocycles. The van der Waals surface area contributed by atoms with Crippen LogP contribution in [-0.4, -0.2) is 6.16 Å². The van der Waals surface area contributed by atoms with Crippen LogP contribution in [0.15, 0.2) is 12.2 Å². The number of allylic oxidation sites excluding steroid dienone is 2.